The summed E-state index contributed by atoms with van der Waals surface area (Å²) in [6, 6.07) is 3.94. The molecular formula is C15H16BrN3O2. The number of anilines is 1. The number of ether oxygens (including phenoxy) is 2. The van der Waals surface area contributed by atoms with Gasteiger partial charge in [-0.3, -0.25) is 0 Å². The van der Waals surface area contributed by atoms with Crippen molar-refractivity contribution in [2.45, 2.75) is 18.8 Å². The second-order valence-electron chi connectivity index (χ2n) is 5.52. The van der Waals surface area contributed by atoms with Gasteiger partial charge in [-0.25, -0.2) is 4.98 Å². The van der Waals surface area contributed by atoms with Gasteiger partial charge >= 0.3 is 0 Å². The largest absolute Gasteiger partial charge is 0.486 e. The van der Waals surface area contributed by atoms with Crippen LogP contribution in [0.4, 0.5) is 5.82 Å². The molecule has 2 N–H and O–H groups in total. The van der Waals surface area contributed by atoms with Gasteiger partial charge in [0.2, 0.25) is 0 Å². The molecule has 21 heavy (non-hydrogen) atoms. The number of fused-ring (bicyclic) bond motifs is 1. The van der Waals surface area contributed by atoms with Crippen LogP contribution >= 0.6 is 15.9 Å². The third kappa shape index (κ3) is 2.09. The molecule has 5 nitrogen and oxygen atoms in total. The number of nitrogens with two attached hydrogens (primary N) is 1. The van der Waals surface area contributed by atoms with Crippen molar-refractivity contribution in [1.82, 2.24) is 9.55 Å². The lowest BCUT2D eigenvalue weighted by molar-refractivity contribution is 0.170. The number of nitrogens with zero attached hydrogens (tertiary/aromatic N) is 2. The lowest BCUT2D eigenvalue weighted by Gasteiger charge is -2.20. The first kappa shape index (κ1) is 13.0. The van der Waals surface area contributed by atoms with Crippen LogP contribution in [-0.2, 0) is 7.05 Å². The zero-order chi connectivity index (χ0) is 14.6. The maximum atomic E-state index is 6.24. The van der Waals surface area contributed by atoms with E-state index in [0.717, 1.165) is 33.1 Å². The zero-order valence-electron chi connectivity index (χ0n) is 11.7. The number of halogens is 1. The Morgan fingerprint density at radius 3 is 2.81 bits per heavy atom. The Kier molecular flexibility index (Phi) is 2.89. The van der Waals surface area contributed by atoms with Gasteiger partial charge in [0.1, 0.15) is 30.5 Å². The summed E-state index contributed by atoms with van der Waals surface area (Å²) in [5.41, 5.74) is 8.01. The molecule has 2 aromatic rings. The minimum Gasteiger partial charge on any atom is -0.486 e. The average Bonchev–Trinajstić information content (AvgIpc) is 3.27. The predicted octanol–water partition coefficient (Wildman–Crippen LogP) is 3.08. The van der Waals surface area contributed by atoms with Crippen LogP contribution in [0.3, 0.4) is 0 Å². The fraction of sp³-hybridized carbons (Fsp3) is 0.400. The second-order valence-corrected chi connectivity index (χ2v) is 6.37. The number of imidazole rings is 1. The van der Waals surface area contributed by atoms with Gasteiger partial charge in [0.05, 0.1) is 4.47 Å². The van der Waals surface area contributed by atoms with E-state index in [9.17, 15) is 0 Å². The molecule has 0 saturated heterocycles. The maximum absolute atomic E-state index is 6.24. The van der Waals surface area contributed by atoms with Gasteiger partial charge in [0.15, 0.2) is 11.5 Å². The number of nitrogen functional groups attached to an aromatic ring is 1. The Labute approximate surface area is 131 Å². The summed E-state index contributed by atoms with van der Waals surface area (Å²) in [5, 5.41) is 0. The van der Waals surface area contributed by atoms with Gasteiger partial charge in [-0.05, 0) is 40.9 Å². The molecule has 1 aliphatic carbocycles. The van der Waals surface area contributed by atoms with Crippen LogP contribution in [0, 0.1) is 0 Å². The fourth-order valence-corrected chi connectivity index (χ4v) is 3.25. The summed E-state index contributed by atoms with van der Waals surface area (Å²) in [4.78, 5) is 4.75. The van der Waals surface area contributed by atoms with E-state index in [2.05, 4.69) is 15.9 Å². The van der Waals surface area contributed by atoms with Crippen molar-refractivity contribution < 1.29 is 9.47 Å². The van der Waals surface area contributed by atoms with Crippen molar-refractivity contribution in [1.29, 1.82) is 0 Å². The standard InChI is InChI=1S/C15H16BrN3O2/c1-19-14(17)12(18-15(19)8-2-3-8)9-6-10(16)13-11(7-9)20-4-5-21-13/h6-8H,2-5,17H2,1H3. The highest BCUT2D eigenvalue weighted by Crippen LogP contribution is 2.44. The quantitative estimate of drug-likeness (QED) is 0.904. The van der Waals surface area contributed by atoms with E-state index in [4.69, 9.17) is 20.2 Å². The highest BCUT2D eigenvalue weighted by Gasteiger charge is 2.30. The van der Waals surface area contributed by atoms with Crippen LogP contribution in [0.1, 0.15) is 24.6 Å². The summed E-state index contributed by atoms with van der Waals surface area (Å²) < 4.78 is 14.2. The van der Waals surface area contributed by atoms with Crippen LogP contribution < -0.4 is 15.2 Å². The highest BCUT2D eigenvalue weighted by atomic mass is 79.9. The first-order chi connectivity index (χ1) is 10.1. The molecule has 1 saturated carbocycles. The number of hydrogen-bond acceptors (Lipinski definition) is 4. The number of benzene rings is 1. The van der Waals surface area contributed by atoms with Gasteiger partial charge in [-0.15, -0.1) is 0 Å². The summed E-state index contributed by atoms with van der Waals surface area (Å²) in [6.45, 7) is 1.14. The summed E-state index contributed by atoms with van der Waals surface area (Å²) in [6.07, 6.45) is 2.41. The molecule has 0 unspecified atom stereocenters. The number of hydrogen-bond donors (Lipinski definition) is 1. The van der Waals surface area contributed by atoms with Crippen LogP contribution in [-0.4, -0.2) is 22.8 Å². The van der Waals surface area contributed by atoms with Crippen molar-refractivity contribution in [2.75, 3.05) is 18.9 Å². The monoisotopic (exact) mass is 349 g/mol. The van der Waals surface area contributed by atoms with E-state index >= 15 is 0 Å². The van der Waals surface area contributed by atoms with Crippen LogP contribution in [0.2, 0.25) is 0 Å². The molecule has 1 aromatic carbocycles. The molecule has 0 amide bonds. The molecule has 4 rings (SSSR count). The highest BCUT2D eigenvalue weighted by molar-refractivity contribution is 9.10. The van der Waals surface area contributed by atoms with Crippen molar-refractivity contribution >= 4 is 21.7 Å². The summed E-state index contributed by atoms with van der Waals surface area (Å²) in [5.74, 6) is 3.83. The first-order valence-corrected chi connectivity index (χ1v) is 7.86. The Bertz CT molecular complexity index is 722. The lowest BCUT2D eigenvalue weighted by atomic mass is 10.1. The van der Waals surface area contributed by atoms with Crippen LogP contribution in [0.5, 0.6) is 11.5 Å². The Morgan fingerprint density at radius 2 is 2.05 bits per heavy atom. The predicted molar refractivity (Wildman–Crippen MR) is 83.7 cm³/mol. The minimum atomic E-state index is 0.562. The van der Waals surface area contributed by atoms with E-state index in [1.54, 1.807) is 0 Å². The third-order valence-corrected chi connectivity index (χ3v) is 4.58. The van der Waals surface area contributed by atoms with E-state index in [1.165, 1.54) is 12.8 Å². The van der Waals surface area contributed by atoms with E-state index in [1.807, 2.05) is 23.7 Å². The van der Waals surface area contributed by atoms with Gasteiger partial charge in [0, 0.05) is 18.5 Å². The van der Waals surface area contributed by atoms with Crippen molar-refractivity contribution in [3.8, 4) is 22.8 Å². The van der Waals surface area contributed by atoms with Gasteiger partial charge in [-0.1, -0.05) is 0 Å². The topological polar surface area (TPSA) is 62.3 Å². The lowest BCUT2D eigenvalue weighted by Crippen LogP contribution is -2.15. The molecule has 1 fully saturated rings. The maximum Gasteiger partial charge on any atom is 0.175 e. The molecule has 0 atom stereocenters. The van der Waals surface area contributed by atoms with Crippen LogP contribution in [0.15, 0.2) is 16.6 Å². The summed E-state index contributed by atoms with van der Waals surface area (Å²) >= 11 is 3.54. The normalized spacial score (nSPS) is 17.0. The molecule has 0 radical (unpaired) electrons. The van der Waals surface area contributed by atoms with Crippen molar-refractivity contribution in [3.63, 3.8) is 0 Å². The Morgan fingerprint density at radius 1 is 1.29 bits per heavy atom. The molecule has 2 aliphatic rings. The molecule has 2 heterocycles. The van der Waals surface area contributed by atoms with E-state index < -0.39 is 0 Å². The van der Waals surface area contributed by atoms with Gasteiger partial charge < -0.3 is 19.8 Å². The molecule has 0 bridgehead atoms. The Balaban J connectivity index is 1.83. The minimum absolute atomic E-state index is 0.562. The number of aromatic nitrogens is 2. The molecule has 110 valence electrons. The third-order valence-electron chi connectivity index (χ3n) is 3.99. The average molecular weight is 350 g/mol. The fourth-order valence-electron chi connectivity index (χ4n) is 2.70. The molecule has 6 heteroatoms. The number of rotatable bonds is 2. The van der Waals surface area contributed by atoms with Crippen molar-refractivity contribution in [3.05, 3.63) is 22.4 Å². The smallest absolute Gasteiger partial charge is 0.175 e. The zero-order valence-corrected chi connectivity index (χ0v) is 13.3. The molecule has 0 spiro atoms. The van der Waals surface area contributed by atoms with Crippen molar-refractivity contribution in [2.24, 2.45) is 7.05 Å². The second kappa shape index (κ2) is 4.66. The van der Waals surface area contributed by atoms with Crippen LogP contribution in [0.25, 0.3) is 11.3 Å². The molecule has 1 aliphatic heterocycles. The SMILES string of the molecule is Cn1c(C2CC2)nc(-c2cc(Br)c3c(c2)OCCO3)c1N. The first-order valence-electron chi connectivity index (χ1n) is 7.06. The summed E-state index contributed by atoms with van der Waals surface area (Å²) in [7, 11) is 1.98. The van der Waals surface area contributed by atoms with E-state index in [0.29, 0.717) is 24.9 Å². The Hall–Kier alpha value is -1.69. The van der Waals surface area contributed by atoms with Gasteiger partial charge in [0.25, 0.3) is 0 Å². The molecule has 1 aromatic heterocycles. The van der Waals surface area contributed by atoms with E-state index in [-0.39, 0.29) is 0 Å². The van der Waals surface area contributed by atoms with Gasteiger partial charge in [-0.2, -0.15) is 0 Å². The molecular weight excluding hydrogens is 334 g/mol.